The first-order valence-corrected chi connectivity index (χ1v) is 9.46. The molecule has 122 valence electrons. The van der Waals surface area contributed by atoms with Crippen molar-refractivity contribution in [3.63, 3.8) is 0 Å². The van der Waals surface area contributed by atoms with Gasteiger partial charge in [-0.05, 0) is 18.7 Å². The Balaban J connectivity index is 1.61. The average Bonchev–Trinajstić information content (AvgIpc) is 3.00. The number of aliphatic imine (C=N–C) groups is 2. The van der Waals surface area contributed by atoms with Crippen LogP contribution in [0.4, 0.5) is 0 Å². The van der Waals surface area contributed by atoms with Crippen LogP contribution in [0.15, 0.2) is 70.6 Å². The van der Waals surface area contributed by atoms with Gasteiger partial charge in [0.05, 0.1) is 5.71 Å². The standard InChI is InChI=1S/C20H21N3S/c1-3-7-16(8-4-1)15-24-19-18(17-9-5-2-6-10-17)22-20(23-19)11-13-21-14-12-20/h1-10,21H,11-15H2. The smallest absolute Gasteiger partial charge is 0.154 e. The molecule has 0 radical (unpaired) electrons. The van der Waals surface area contributed by atoms with Crippen LogP contribution < -0.4 is 5.32 Å². The first-order valence-electron chi connectivity index (χ1n) is 8.48. The highest BCUT2D eigenvalue weighted by Crippen LogP contribution is 2.34. The molecular formula is C20H21N3S. The Bertz CT molecular complexity index is 747. The van der Waals surface area contributed by atoms with Gasteiger partial charge in [0.1, 0.15) is 5.04 Å². The molecule has 4 heteroatoms. The Kier molecular flexibility index (Phi) is 4.50. The maximum Gasteiger partial charge on any atom is 0.154 e. The molecule has 0 amide bonds. The van der Waals surface area contributed by atoms with Crippen molar-refractivity contribution in [2.75, 3.05) is 13.1 Å². The molecule has 4 rings (SSSR count). The van der Waals surface area contributed by atoms with Crippen molar-refractivity contribution in [3.8, 4) is 0 Å². The van der Waals surface area contributed by atoms with Gasteiger partial charge in [0, 0.05) is 24.2 Å². The van der Waals surface area contributed by atoms with E-state index in [1.807, 2.05) is 6.07 Å². The molecule has 0 atom stereocenters. The van der Waals surface area contributed by atoms with Gasteiger partial charge in [-0.25, -0.2) is 4.99 Å². The largest absolute Gasteiger partial charge is 0.316 e. The van der Waals surface area contributed by atoms with Crippen LogP contribution in [0.25, 0.3) is 0 Å². The quantitative estimate of drug-likeness (QED) is 0.923. The SMILES string of the molecule is c1ccc(CSC2=NC3(CCNCC3)N=C2c2ccccc2)cc1. The zero-order valence-electron chi connectivity index (χ0n) is 13.6. The monoisotopic (exact) mass is 335 g/mol. The van der Waals surface area contributed by atoms with Gasteiger partial charge in [-0.15, -0.1) is 0 Å². The number of nitrogens with zero attached hydrogens (tertiary/aromatic N) is 2. The third kappa shape index (κ3) is 3.30. The highest BCUT2D eigenvalue weighted by Gasteiger charge is 2.37. The first-order chi connectivity index (χ1) is 11.8. The second kappa shape index (κ2) is 6.91. The highest BCUT2D eigenvalue weighted by atomic mass is 32.2. The Hall–Kier alpha value is -1.91. The first kappa shape index (κ1) is 15.6. The number of nitrogens with one attached hydrogen (secondary N) is 1. The fourth-order valence-corrected chi connectivity index (χ4v) is 4.21. The summed E-state index contributed by atoms with van der Waals surface area (Å²) in [6, 6.07) is 21.0. The molecule has 1 fully saturated rings. The van der Waals surface area contributed by atoms with Crippen LogP contribution in [0, 0.1) is 0 Å². The molecule has 0 saturated carbocycles. The summed E-state index contributed by atoms with van der Waals surface area (Å²) in [5.74, 6) is 0.930. The van der Waals surface area contributed by atoms with Crippen molar-refractivity contribution in [2.24, 2.45) is 9.98 Å². The number of piperidine rings is 1. The normalized spacial score (nSPS) is 19.2. The number of thioether (sulfide) groups is 1. The maximum absolute atomic E-state index is 5.10. The van der Waals surface area contributed by atoms with Crippen molar-refractivity contribution >= 4 is 22.5 Å². The fraction of sp³-hybridized carbons (Fsp3) is 0.300. The van der Waals surface area contributed by atoms with Gasteiger partial charge < -0.3 is 5.32 Å². The van der Waals surface area contributed by atoms with Gasteiger partial charge in [0.25, 0.3) is 0 Å². The van der Waals surface area contributed by atoms with Crippen molar-refractivity contribution < 1.29 is 0 Å². The number of hydrogen-bond donors (Lipinski definition) is 1. The summed E-state index contributed by atoms with van der Waals surface area (Å²) in [6.45, 7) is 1.98. The lowest BCUT2D eigenvalue weighted by molar-refractivity contribution is 0.332. The maximum atomic E-state index is 5.10. The van der Waals surface area contributed by atoms with Crippen LogP contribution in [-0.4, -0.2) is 29.5 Å². The van der Waals surface area contributed by atoms with Crippen LogP contribution in [-0.2, 0) is 5.75 Å². The van der Waals surface area contributed by atoms with Gasteiger partial charge in [-0.1, -0.05) is 72.4 Å². The minimum absolute atomic E-state index is 0.241. The van der Waals surface area contributed by atoms with E-state index in [1.54, 1.807) is 11.8 Å². The summed E-state index contributed by atoms with van der Waals surface area (Å²) >= 11 is 1.81. The molecule has 1 saturated heterocycles. The Morgan fingerprint density at radius 3 is 2.25 bits per heavy atom. The van der Waals surface area contributed by atoms with Crippen molar-refractivity contribution in [3.05, 3.63) is 71.8 Å². The molecular weight excluding hydrogens is 314 g/mol. The number of hydrogen-bond acceptors (Lipinski definition) is 4. The third-order valence-corrected chi connectivity index (χ3v) is 5.54. The van der Waals surface area contributed by atoms with Gasteiger partial charge in [-0.2, -0.15) is 0 Å². The molecule has 2 aliphatic heterocycles. The van der Waals surface area contributed by atoms with E-state index in [0.717, 1.165) is 42.4 Å². The molecule has 1 N–H and O–H groups in total. The number of rotatable bonds is 3. The third-order valence-electron chi connectivity index (χ3n) is 4.50. The van der Waals surface area contributed by atoms with E-state index in [9.17, 15) is 0 Å². The summed E-state index contributed by atoms with van der Waals surface area (Å²) in [5, 5.41) is 4.51. The van der Waals surface area contributed by atoms with E-state index in [0.29, 0.717) is 0 Å². The molecule has 24 heavy (non-hydrogen) atoms. The number of benzene rings is 2. The van der Waals surface area contributed by atoms with Crippen LogP contribution in [0.3, 0.4) is 0 Å². The topological polar surface area (TPSA) is 36.8 Å². The molecule has 2 aliphatic rings. The Labute approximate surface area is 147 Å². The van der Waals surface area contributed by atoms with E-state index >= 15 is 0 Å². The predicted octanol–water partition coefficient (Wildman–Crippen LogP) is 3.90. The predicted molar refractivity (Wildman–Crippen MR) is 103 cm³/mol. The molecule has 0 bridgehead atoms. The van der Waals surface area contributed by atoms with Crippen molar-refractivity contribution in [1.82, 2.24) is 5.32 Å². The lowest BCUT2D eigenvalue weighted by Crippen LogP contribution is -2.38. The summed E-state index contributed by atoms with van der Waals surface area (Å²) in [6.07, 6.45) is 1.97. The summed E-state index contributed by atoms with van der Waals surface area (Å²) in [7, 11) is 0. The molecule has 1 spiro atoms. The second-order valence-corrected chi connectivity index (χ2v) is 7.21. The van der Waals surface area contributed by atoms with Crippen molar-refractivity contribution in [1.29, 1.82) is 0 Å². The molecule has 0 aliphatic carbocycles. The van der Waals surface area contributed by atoms with E-state index in [2.05, 4.69) is 59.9 Å². The van der Waals surface area contributed by atoms with Gasteiger partial charge in [0.15, 0.2) is 5.66 Å². The van der Waals surface area contributed by atoms with Crippen LogP contribution in [0.2, 0.25) is 0 Å². The lowest BCUT2D eigenvalue weighted by Gasteiger charge is -2.28. The van der Waals surface area contributed by atoms with Crippen LogP contribution in [0.1, 0.15) is 24.0 Å². The van der Waals surface area contributed by atoms with Crippen molar-refractivity contribution in [2.45, 2.75) is 24.3 Å². The van der Waals surface area contributed by atoms with E-state index < -0.39 is 0 Å². The minimum Gasteiger partial charge on any atom is -0.316 e. The van der Waals surface area contributed by atoms with Gasteiger partial charge in [0.2, 0.25) is 0 Å². The van der Waals surface area contributed by atoms with E-state index in [-0.39, 0.29) is 5.66 Å². The average molecular weight is 335 g/mol. The second-order valence-electron chi connectivity index (χ2n) is 6.25. The van der Waals surface area contributed by atoms with Gasteiger partial charge >= 0.3 is 0 Å². The molecule has 0 aromatic heterocycles. The zero-order chi connectivity index (χ0) is 16.2. The molecule has 2 aromatic carbocycles. The van der Waals surface area contributed by atoms with Crippen LogP contribution >= 0.6 is 11.8 Å². The summed E-state index contributed by atoms with van der Waals surface area (Å²) in [4.78, 5) is 10.2. The fourth-order valence-electron chi connectivity index (χ4n) is 3.18. The van der Waals surface area contributed by atoms with Crippen LogP contribution in [0.5, 0.6) is 0 Å². The summed E-state index contributed by atoms with van der Waals surface area (Å²) in [5.41, 5.74) is 3.32. The molecule has 3 nitrogen and oxygen atoms in total. The van der Waals surface area contributed by atoms with E-state index in [4.69, 9.17) is 9.98 Å². The molecule has 0 unspecified atom stereocenters. The Morgan fingerprint density at radius 1 is 0.875 bits per heavy atom. The molecule has 2 aromatic rings. The van der Waals surface area contributed by atoms with Gasteiger partial charge in [-0.3, -0.25) is 4.99 Å². The molecule has 2 heterocycles. The highest BCUT2D eigenvalue weighted by molar-refractivity contribution is 8.15. The van der Waals surface area contributed by atoms with E-state index in [1.165, 1.54) is 11.1 Å². The zero-order valence-corrected chi connectivity index (χ0v) is 14.4. The Morgan fingerprint density at radius 2 is 1.54 bits per heavy atom. The minimum atomic E-state index is -0.241. The lowest BCUT2D eigenvalue weighted by atomic mass is 10.0. The summed E-state index contributed by atoms with van der Waals surface area (Å²) < 4.78 is 0.